The van der Waals surface area contributed by atoms with Gasteiger partial charge in [0, 0.05) is 13.0 Å². The quantitative estimate of drug-likeness (QED) is 0.833. The Morgan fingerprint density at radius 2 is 1.89 bits per heavy atom. The first kappa shape index (κ1) is 15.1. The predicted molar refractivity (Wildman–Crippen MR) is 64.7 cm³/mol. The molecular weight excluding hydrogens is 256 g/mol. The first-order chi connectivity index (χ1) is 8.91. The summed E-state index contributed by atoms with van der Waals surface area (Å²) >= 11 is 0. The summed E-state index contributed by atoms with van der Waals surface area (Å²) in [5.41, 5.74) is -0.618. The molecular formula is C13H15F2NO3. The van der Waals surface area contributed by atoms with Crippen LogP contribution in [0, 0.1) is 17.6 Å². The molecule has 0 spiro atoms. The number of halogens is 2. The van der Waals surface area contributed by atoms with Crippen LogP contribution in [0.15, 0.2) is 18.2 Å². The minimum atomic E-state index is -0.921. The van der Waals surface area contributed by atoms with E-state index in [0.717, 1.165) is 12.1 Å². The fraction of sp³-hybridized carbons (Fsp3) is 0.385. The molecule has 0 saturated carbocycles. The molecule has 19 heavy (non-hydrogen) atoms. The van der Waals surface area contributed by atoms with E-state index >= 15 is 0 Å². The average molecular weight is 271 g/mol. The Bertz CT molecular complexity index is 457. The minimum absolute atomic E-state index is 0.00883. The van der Waals surface area contributed by atoms with E-state index < -0.39 is 29.1 Å². The van der Waals surface area contributed by atoms with E-state index in [1.165, 1.54) is 6.07 Å². The van der Waals surface area contributed by atoms with Gasteiger partial charge in [0.15, 0.2) is 0 Å². The first-order valence-electron chi connectivity index (χ1n) is 5.85. The van der Waals surface area contributed by atoms with Gasteiger partial charge in [-0.15, -0.1) is 0 Å². The maximum Gasteiger partial charge on any atom is 0.303 e. The zero-order valence-corrected chi connectivity index (χ0v) is 10.5. The zero-order chi connectivity index (χ0) is 14.4. The molecule has 1 atom stereocenters. The molecule has 4 nitrogen and oxygen atoms in total. The molecule has 1 unspecified atom stereocenters. The molecule has 0 bridgehead atoms. The molecule has 0 radical (unpaired) electrons. The topological polar surface area (TPSA) is 66.4 Å². The summed E-state index contributed by atoms with van der Waals surface area (Å²) in [6, 6.07) is 3.19. The minimum Gasteiger partial charge on any atom is -0.481 e. The Balaban J connectivity index is 2.54. The van der Waals surface area contributed by atoms with E-state index in [0.29, 0.717) is 6.42 Å². The fourth-order valence-electron chi connectivity index (χ4n) is 1.54. The summed E-state index contributed by atoms with van der Waals surface area (Å²) in [6.07, 6.45) is 0.375. The molecule has 1 amide bonds. The fourth-order valence-corrected chi connectivity index (χ4v) is 1.54. The molecule has 1 rings (SSSR count). The van der Waals surface area contributed by atoms with Crippen molar-refractivity contribution in [2.24, 2.45) is 5.92 Å². The van der Waals surface area contributed by atoms with Crippen molar-refractivity contribution in [3.8, 4) is 0 Å². The highest BCUT2D eigenvalue weighted by Crippen LogP contribution is 2.12. The molecule has 0 fully saturated rings. The molecule has 0 heterocycles. The summed E-state index contributed by atoms with van der Waals surface area (Å²) in [4.78, 5) is 22.0. The lowest BCUT2D eigenvalue weighted by Gasteiger charge is -2.12. The van der Waals surface area contributed by atoms with Crippen LogP contribution in [0.25, 0.3) is 0 Å². The maximum absolute atomic E-state index is 13.3. The van der Waals surface area contributed by atoms with Crippen molar-refractivity contribution in [1.82, 2.24) is 5.32 Å². The number of carboxylic acids is 1. The third-order valence-corrected chi connectivity index (χ3v) is 2.65. The van der Waals surface area contributed by atoms with Crippen LogP contribution in [-0.4, -0.2) is 23.5 Å². The van der Waals surface area contributed by atoms with Crippen LogP contribution in [0.5, 0.6) is 0 Å². The van der Waals surface area contributed by atoms with E-state index in [2.05, 4.69) is 5.32 Å². The van der Waals surface area contributed by atoms with Gasteiger partial charge < -0.3 is 10.4 Å². The Hall–Kier alpha value is -1.98. The molecule has 6 heteroatoms. The lowest BCUT2D eigenvalue weighted by atomic mass is 10.1. The van der Waals surface area contributed by atoms with Crippen molar-refractivity contribution < 1.29 is 23.5 Å². The summed E-state index contributed by atoms with van der Waals surface area (Å²) in [6.45, 7) is 1.92. The highest BCUT2D eigenvalue weighted by atomic mass is 19.1. The molecule has 0 aliphatic carbocycles. The van der Waals surface area contributed by atoms with Crippen LogP contribution in [0.2, 0.25) is 0 Å². The van der Waals surface area contributed by atoms with Gasteiger partial charge >= 0.3 is 5.97 Å². The second-order valence-corrected chi connectivity index (χ2v) is 4.34. The normalized spacial score (nSPS) is 11.9. The molecule has 0 aromatic heterocycles. The summed E-state index contributed by atoms with van der Waals surface area (Å²) in [7, 11) is 0. The van der Waals surface area contributed by atoms with Crippen molar-refractivity contribution in [1.29, 1.82) is 0 Å². The lowest BCUT2D eigenvalue weighted by Crippen LogP contribution is -2.30. The first-order valence-corrected chi connectivity index (χ1v) is 5.85. The number of rotatable bonds is 6. The molecule has 104 valence electrons. The van der Waals surface area contributed by atoms with Crippen molar-refractivity contribution in [3.05, 3.63) is 35.4 Å². The molecule has 0 aliphatic heterocycles. The van der Waals surface area contributed by atoms with Crippen LogP contribution in [0.4, 0.5) is 8.78 Å². The monoisotopic (exact) mass is 271 g/mol. The number of benzene rings is 1. The summed E-state index contributed by atoms with van der Waals surface area (Å²) in [5, 5.41) is 10.9. The molecule has 0 saturated heterocycles. The average Bonchev–Trinajstić information content (AvgIpc) is 2.33. The number of aliphatic carboxylic acids is 1. The smallest absolute Gasteiger partial charge is 0.303 e. The zero-order valence-electron chi connectivity index (χ0n) is 10.5. The lowest BCUT2D eigenvalue weighted by molar-refractivity contribution is -0.137. The summed E-state index contributed by atoms with van der Waals surface area (Å²) < 4.78 is 26.6. The second-order valence-electron chi connectivity index (χ2n) is 4.34. The number of carboxylic acid groups (broad SMARTS) is 1. The molecule has 1 aromatic rings. The standard InChI is InChI=1S/C13H15F2NO3/c1-8(5-6-11(17)18)7-16-13(19)12-9(14)3-2-4-10(12)15/h2-4,8H,5-7H2,1H3,(H,16,19)(H,17,18). The van der Waals surface area contributed by atoms with Crippen molar-refractivity contribution in [2.45, 2.75) is 19.8 Å². The van der Waals surface area contributed by atoms with Gasteiger partial charge in [0.2, 0.25) is 0 Å². The van der Waals surface area contributed by atoms with Gasteiger partial charge in [-0.1, -0.05) is 13.0 Å². The number of hydrogen-bond acceptors (Lipinski definition) is 2. The summed E-state index contributed by atoms with van der Waals surface area (Å²) in [5.74, 6) is -3.68. The Morgan fingerprint density at radius 3 is 2.42 bits per heavy atom. The van der Waals surface area contributed by atoms with E-state index in [1.54, 1.807) is 6.92 Å². The third-order valence-electron chi connectivity index (χ3n) is 2.65. The van der Waals surface area contributed by atoms with Gasteiger partial charge in [-0.05, 0) is 24.5 Å². The Labute approximate surface area is 109 Å². The Kier molecular flexibility index (Phi) is 5.41. The van der Waals surface area contributed by atoms with Gasteiger partial charge in [0.25, 0.3) is 5.91 Å². The third kappa shape index (κ3) is 4.65. The van der Waals surface area contributed by atoms with Crippen LogP contribution >= 0.6 is 0 Å². The van der Waals surface area contributed by atoms with Gasteiger partial charge in [-0.3, -0.25) is 9.59 Å². The highest BCUT2D eigenvalue weighted by molar-refractivity contribution is 5.94. The predicted octanol–water partition coefficient (Wildman–Crippen LogP) is 2.20. The molecule has 2 N–H and O–H groups in total. The van der Waals surface area contributed by atoms with E-state index in [1.807, 2.05) is 0 Å². The van der Waals surface area contributed by atoms with E-state index in [4.69, 9.17) is 5.11 Å². The number of amides is 1. The van der Waals surface area contributed by atoms with E-state index in [-0.39, 0.29) is 18.9 Å². The van der Waals surface area contributed by atoms with Crippen LogP contribution in [0.3, 0.4) is 0 Å². The number of hydrogen-bond donors (Lipinski definition) is 2. The number of carbonyl (C=O) groups is 2. The van der Waals surface area contributed by atoms with Gasteiger partial charge in [0.1, 0.15) is 17.2 Å². The van der Waals surface area contributed by atoms with Gasteiger partial charge in [-0.25, -0.2) is 8.78 Å². The van der Waals surface area contributed by atoms with Crippen molar-refractivity contribution >= 4 is 11.9 Å². The van der Waals surface area contributed by atoms with Crippen molar-refractivity contribution in [3.63, 3.8) is 0 Å². The second kappa shape index (κ2) is 6.82. The van der Waals surface area contributed by atoms with Crippen LogP contribution in [-0.2, 0) is 4.79 Å². The largest absolute Gasteiger partial charge is 0.481 e. The Morgan fingerprint density at radius 1 is 1.32 bits per heavy atom. The SMILES string of the molecule is CC(CCC(=O)O)CNC(=O)c1c(F)cccc1F. The molecule has 0 aliphatic rings. The van der Waals surface area contributed by atoms with Crippen LogP contribution < -0.4 is 5.32 Å². The highest BCUT2D eigenvalue weighted by Gasteiger charge is 2.17. The van der Waals surface area contributed by atoms with Gasteiger partial charge in [0.05, 0.1) is 0 Å². The molecule has 1 aromatic carbocycles. The van der Waals surface area contributed by atoms with E-state index in [9.17, 15) is 18.4 Å². The number of nitrogens with one attached hydrogen (secondary N) is 1. The van der Waals surface area contributed by atoms with Crippen molar-refractivity contribution in [2.75, 3.05) is 6.54 Å². The maximum atomic E-state index is 13.3. The van der Waals surface area contributed by atoms with Crippen LogP contribution in [0.1, 0.15) is 30.1 Å². The van der Waals surface area contributed by atoms with Gasteiger partial charge in [-0.2, -0.15) is 0 Å². The number of carbonyl (C=O) groups excluding carboxylic acids is 1.